The molecule has 6 heteroatoms. The fourth-order valence-electron chi connectivity index (χ4n) is 3.72. The van der Waals surface area contributed by atoms with Gasteiger partial charge in [-0.25, -0.2) is 4.39 Å². The molecule has 0 unspecified atom stereocenters. The first-order valence-corrected chi connectivity index (χ1v) is 9.50. The normalized spacial score (nSPS) is 14.1. The highest BCUT2D eigenvalue weighted by molar-refractivity contribution is 5.98. The molecule has 0 aromatic heterocycles. The molecule has 2 amide bonds. The monoisotopic (exact) mass is 383 g/mol. The molecule has 0 saturated carbocycles. The third-order valence-electron chi connectivity index (χ3n) is 5.21. The largest absolute Gasteiger partial charge is 0.366 e. The number of amides is 2. The first kappa shape index (κ1) is 19.9. The van der Waals surface area contributed by atoms with Crippen LogP contribution in [-0.2, 0) is 9.59 Å². The van der Waals surface area contributed by atoms with Crippen molar-refractivity contribution in [3.05, 3.63) is 59.4 Å². The van der Waals surface area contributed by atoms with E-state index in [1.54, 1.807) is 21.9 Å². The Kier molecular flexibility index (Phi) is 5.97. The molecule has 0 bridgehead atoms. The highest BCUT2D eigenvalue weighted by Gasteiger charge is 2.26. The zero-order chi connectivity index (χ0) is 20.3. The van der Waals surface area contributed by atoms with Crippen LogP contribution >= 0.6 is 0 Å². The number of hydrogen-bond donors (Lipinski definition) is 0. The van der Waals surface area contributed by atoms with Crippen molar-refractivity contribution in [3.63, 3.8) is 0 Å². The van der Waals surface area contributed by atoms with Crippen molar-refractivity contribution in [2.45, 2.75) is 20.8 Å². The molecule has 1 aliphatic rings. The maximum Gasteiger partial charge on any atom is 0.242 e. The molecule has 0 aliphatic carbocycles. The lowest BCUT2D eigenvalue weighted by Gasteiger charge is -2.37. The fourth-order valence-corrected chi connectivity index (χ4v) is 3.72. The molecular weight excluding hydrogens is 357 g/mol. The quantitative estimate of drug-likeness (QED) is 0.815. The molecule has 1 aliphatic heterocycles. The lowest BCUT2D eigenvalue weighted by Crippen LogP contribution is -2.52. The number of carbonyl (C=O) groups is 2. The van der Waals surface area contributed by atoms with Crippen molar-refractivity contribution in [2.24, 2.45) is 0 Å². The minimum Gasteiger partial charge on any atom is -0.366 e. The van der Waals surface area contributed by atoms with E-state index in [2.05, 4.69) is 0 Å². The molecule has 5 nitrogen and oxygen atoms in total. The van der Waals surface area contributed by atoms with Crippen LogP contribution < -0.4 is 9.80 Å². The Morgan fingerprint density at radius 1 is 0.964 bits per heavy atom. The van der Waals surface area contributed by atoms with Gasteiger partial charge in [0.1, 0.15) is 12.4 Å². The van der Waals surface area contributed by atoms with Crippen LogP contribution in [0.5, 0.6) is 0 Å². The van der Waals surface area contributed by atoms with Crippen molar-refractivity contribution in [1.29, 1.82) is 0 Å². The van der Waals surface area contributed by atoms with Crippen molar-refractivity contribution >= 4 is 23.2 Å². The number of aryl methyl sites for hydroxylation is 2. The molecule has 28 heavy (non-hydrogen) atoms. The number of para-hydroxylation sites is 2. The van der Waals surface area contributed by atoms with Gasteiger partial charge in [-0.3, -0.25) is 9.59 Å². The number of piperazine rings is 1. The predicted octanol–water partition coefficient (Wildman–Crippen LogP) is 3.14. The molecule has 0 atom stereocenters. The minimum atomic E-state index is -0.250. The van der Waals surface area contributed by atoms with Crippen molar-refractivity contribution in [3.8, 4) is 0 Å². The molecule has 1 fully saturated rings. The Morgan fingerprint density at radius 2 is 1.57 bits per heavy atom. The third-order valence-corrected chi connectivity index (χ3v) is 5.21. The second-order valence-corrected chi connectivity index (χ2v) is 7.16. The maximum atomic E-state index is 14.0. The highest BCUT2D eigenvalue weighted by Crippen LogP contribution is 2.25. The number of anilines is 2. The molecule has 0 N–H and O–H groups in total. The molecule has 0 radical (unpaired) electrons. The maximum absolute atomic E-state index is 14.0. The summed E-state index contributed by atoms with van der Waals surface area (Å²) in [6.07, 6.45) is 0. The number of hydrogen-bond acceptors (Lipinski definition) is 3. The summed E-state index contributed by atoms with van der Waals surface area (Å²) in [7, 11) is 0. The third kappa shape index (κ3) is 4.16. The number of benzene rings is 2. The number of carbonyl (C=O) groups excluding carboxylic acids is 2. The van der Waals surface area contributed by atoms with Gasteiger partial charge < -0.3 is 14.7 Å². The van der Waals surface area contributed by atoms with Crippen molar-refractivity contribution < 1.29 is 14.0 Å². The van der Waals surface area contributed by atoms with Gasteiger partial charge in [0.05, 0.1) is 11.4 Å². The van der Waals surface area contributed by atoms with E-state index in [1.807, 2.05) is 43.0 Å². The summed E-state index contributed by atoms with van der Waals surface area (Å²) in [4.78, 5) is 30.4. The average Bonchev–Trinajstić information content (AvgIpc) is 2.67. The van der Waals surface area contributed by atoms with Gasteiger partial charge in [0.25, 0.3) is 0 Å². The molecule has 0 spiro atoms. The smallest absolute Gasteiger partial charge is 0.242 e. The number of rotatable bonds is 4. The van der Waals surface area contributed by atoms with Gasteiger partial charge in [0.15, 0.2) is 0 Å². The van der Waals surface area contributed by atoms with Crippen LogP contribution in [-0.4, -0.2) is 49.4 Å². The summed E-state index contributed by atoms with van der Waals surface area (Å²) in [5.74, 6) is -0.498. The topological polar surface area (TPSA) is 43.9 Å². The van der Waals surface area contributed by atoms with Gasteiger partial charge in [0.2, 0.25) is 11.8 Å². The standard InChI is InChI=1S/C22H26FN3O2/c1-16-7-6-8-17(2)22(16)26(18(3)27)15-21(28)25-13-11-24(12-14-25)20-10-5-4-9-19(20)23/h4-10H,11-15H2,1-3H3. The molecule has 1 saturated heterocycles. The Morgan fingerprint density at radius 3 is 2.14 bits per heavy atom. The summed E-state index contributed by atoms with van der Waals surface area (Å²) >= 11 is 0. The van der Waals surface area contributed by atoms with E-state index < -0.39 is 0 Å². The van der Waals surface area contributed by atoms with E-state index >= 15 is 0 Å². The van der Waals surface area contributed by atoms with Crippen molar-refractivity contribution in [2.75, 3.05) is 42.5 Å². The van der Waals surface area contributed by atoms with E-state index in [1.165, 1.54) is 13.0 Å². The average molecular weight is 383 g/mol. The van der Waals surface area contributed by atoms with Gasteiger partial charge in [-0.15, -0.1) is 0 Å². The summed E-state index contributed by atoms with van der Waals surface area (Å²) in [5, 5.41) is 0. The van der Waals surface area contributed by atoms with Gasteiger partial charge in [0, 0.05) is 33.1 Å². The first-order chi connectivity index (χ1) is 13.4. The van der Waals surface area contributed by atoms with E-state index in [0.29, 0.717) is 31.9 Å². The SMILES string of the molecule is CC(=O)N(CC(=O)N1CCN(c2ccccc2F)CC1)c1c(C)cccc1C. The van der Waals surface area contributed by atoms with Crippen molar-refractivity contribution in [1.82, 2.24) is 4.90 Å². The first-order valence-electron chi connectivity index (χ1n) is 9.50. The van der Waals surface area contributed by atoms with Crippen LogP contribution in [0.2, 0.25) is 0 Å². The van der Waals surface area contributed by atoms with Gasteiger partial charge in [-0.05, 0) is 37.1 Å². The zero-order valence-electron chi connectivity index (χ0n) is 16.6. The van der Waals surface area contributed by atoms with Gasteiger partial charge >= 0.3 is 0 Å². The lowest BCUT2D eigenvalue weighted by molar-refractivity contribution is -0.131. The molecule has 3 rings (SSSR count). The second-order valence-electron chi connectivity index (χ2n) is 7.16. The van der Waals surface area contributed by atoms with E-state index in [-0.39, 0.29) is 24.2 Å². The Bertz CT molecular complexity index is 856. The number of halogens is 1. The summed E-state index contributed by atoms with van der Waals surface area (Å²) in [6, 6.07) is 12.5. The summed E-state index contributed by atoms with van der Waals surface area (Å²) in [5.41, 5.74) is 3.29. The molecule has 148 valence electrons. The molecule has 2 aromatic carbocycles. The van der Waals surface area contributed by atoms with Crippen LogP contribution in [0.1, 0.15) is 18.1 Å². The van der Waals surface area contributed by atoms with Gasteiger partial charge in [-0.1, -0.05) is 30.3 Å². The number of nitrogens with zero attached hydrogens (tertiary/aromatic N) is 3. The zero-order valence-corrected chi connectivity index (χ0v) is 16.6. The van der Waals surface area contributed by atoms with Crippen LogP contribution in [0.15, 0.2) is 42.5 Å². The summed E-state index contributed by atoms with van der Waals surface area (Å²) < 4.78 is 14.0. The Balaban J connectivity index is 1.68. The lowest BCUT2D eigenvalue weighted by atomic mass is 10.1. The van der Waals surface area contributed by atoms with Gasteiger partial charge in [-0.2, -0.15) is 0 Å². The minimum absolute atomic E-state index is 0.0146. The Labute approximate surface area is 165 Å². The predicted molar refractivity (Wildman–Crippen MR) is 109 cm³/mol. The Hall–Kier alpha value is -2.89. The van der Waals surface area contributed by atoms with E-state index in [9.17, 15) is 14.0 Å². The van der Waals surface area contributed by atoms with Crippen LogP contribution in [0.3, 0.4) is 0 Å². The molecule has 1 heterocycles. The van der Waals surface area contributed by atoms with Crippen LogP contribution in [0, 0.1) is 19.7 Å². The highest BCUT2D eigenvalue weighted by atomic mass is 19.1. The molecular formula is C22H26FN3O2. The second kappa shape index (κ2) is 8.42. The summed E-state index contributed by atoms with van der Waals surface area (Å²) in [6.45, 7) is 7.52. The van der Waals surface area contributed by atoms with Crippen LogP contribution in [0.4, 0.5) is 15.8 Å². The fraction of sp³-hybridized carbons (Fsp3) is 0.364. The van der Waals surface area contributed by atoms with Crippen LogP contribution in [0.25, 0.3) is 0 Å². The molecule has 2 aromatic rings. The van der Waals surface area contributed by atoms with E-state index in [0.717, 1.165) is 16.8 Å². The van der Waals surface area contributed by atoms with E-state index in [4.69, 9.17) is 0 Å².